The first-order chi connectivity index (χ1) is 7.37. The van der Waals surface area contributed by atoms with Crippen LogP contribution >= 0.6 is 0 Å². The number of carbonyl (C=O) groups excluding carboxylic acids is 1. The summed E-state index contributed by atoms with van der Waals surface area (Å²) < 4.78 is 0. The van der Waals surface area contributed by atoms with Crippen molar-refractivity contribution in [2.45, 2.75) is 65.0 Å². The second-order valence-corrected chi connectivity index (χ2v) is 6.05. The molecule has 2 N–H and O–H groups in total. The number of carbonyl (C=O) groups is 1. The number of hydrogen-bond donors (Lipinski definition) is 2. The summed E-state index contributed by atoms with van der Waals surface area (Å²) in [6, 6.07) is 0.420. The second-order valence-electron chi connectivity index (χ2n) is 6.05. The Kier molecular flexibility index (Phi) is 4.78. The van der Waals surface area contributed by atoms with Crippen LogP contribution in [0.4, 0.5) is 0 Å². The van der Waals surface area contributed by atoms with E-state index in [1.54, 1.807) is 6.92 Å². The predicted molar refractivity (Wildman–Crippen MR) is 67.3 cm³/mol. The molecule has 0 heterocycles. The summed E-state index contributed by atoms with van der Waals surface area (Å²) in [5.41, 5.74) is 0.217. The Labute approximate surface area is 99.4 Å². The van der Waals surface area contributed by atoms with E-state index in [-0.39, 0.29) is 11.4 Å². The Morgan fingerprint density at radius 3 is 2.19 bits per heavy atom. The number of hydrogen-bond acceptors (Lipinski definition) is 2. The van der Waals surface area contributed by atoms with Gasteiger partial charge in [0.05, 0.1) is 0 Å². The summed E-state index contributed by atoms with van der Waals surface area (Å²) in [5, 5.41) is 6.58. The molecule has 1 aliphatic rings. The first-order valence-corrected chi connectivity index (χ1v) is 6.39. The van der Waals surface area contributed by atoms with Crippen LogP contribution in [0.1, 0.15) is 53.4 Å². The lowest BCUT2D eigenvalue weighted by Gasteiger charge is -2.31. The minimum absolute atomic E-state index is 0.108. The van der Waals surface area contributed by atoms with Crippen molar-refractivity contribution in [1.82, 2.24) is 10.6 Å². The zero-order chi connectivity index (χ0) is 12.2. The summed E-state index contributed by atoms with van der Waals surface area (Å²) >= 11 is 0. The number of amides is 1. The first-order valence-electron chi connectivity index (χ1n) is 6.39. The highest BCUT2D eigenvalue weighted by Gasteiger charge is 2.22. The van der Waals surface area contributed by atoms with Crippen molar-refractivity contribution >= 4 is 5.91 Å². The fraction of sp³-hybridized carbons (Fsp3) is 0.923. The average molecular weight is 226 g/mol. The molecule has 1 amide bonds. The van der Waals surface area contributed by atoms with Crippen molar-refractivity contribution in [3.8, 4) is 0 Å². The van der Waals surface area contributed by atoms with E-state index >= 15 is 0 Å². The lowest BCUT2D eigenvalue weighted by Crippen LogP contribution is -2.42. The average Bonchev–Trinajstić information content (AvgIpc) is 2.14. The molecule has 1 aliphatic carbocycles. The highest BCUT2D eigenvalue weighted by atomic mass is 16.1. The molecule has 0 aromatic heterocycles. The molecular weight excluding hydrogens is 200 g/mol. The summed E-state index contributed by atoms with van der Waals surface area (Å²) in [7, 11) is 0. The molecule has 16 heavy (non-hydrogen) atoms. The smallest absolute Gasteiger partial charge is 0.217 e. The van der Waals surface area contributed by atoms with Crippen LogP contribution in [0.3, 0.4) is 0 Å². The maximum atomic E-state index is 10.9. The molecule has 3 heteroatoms. The van der Waals surface area contributed by atoms with Crippen LogP contribution in [0.25, 0.3) is 0 Å². The Bertz CT molecular complexity index is 225. The molecule has 0 unspecified atom stereocenters. The maximum absolute atomic E-state index is 10.9. The molecule has 1 saturated carbocycles. The van der Waals surface area contributed by atoms with Gasteiger partial charge in [0.1, 0.15) is 0 Å². The van der Waals surface area contributed by atoms with Gasteiger partial charge < -0.3 is 10.6 Å². The lowest BCUT2D eigenvalue weighted by molar-refractivity contribution is -0.119. The predicted octanol–water partition coefficient (Wildman–Crippen LogP) is 2.07. The van der Waals surface area contributed by atoms with E-state index in [2.05, 4.69) is 31.4 Å². The molecule has 0 spiro atoms. The third-order valence-corrected chi connectivity index (χ3v) is 3.18. The molecule has 3 nitrogen and oxygen atoms in total. The third-order valence-electron chi connectivity index (χ3n) is 3.18. The fourth-order valence-corrected chi connectivity index (χ4v) is 2.25. The van der Waals surface area contributed by atoms with Crippen LogP contribution in [0, 0.1) is 5.92 Å². The molecule has 1 rings (SSSR count). The molecule has 0 bridgehead atoms. The van der Waals surface area contributed by atoms with Crippen LogP contribution in [-0.2, 0) is 4.79 Å². The van der Waals surface area contributed by atoms with Crippen LogP contribution in [0.15, 0.2) is 0 Å². The van der Waals surface area contributed by atoms with Gasteiger partial charge in [0, 0.05) is 18.5 Å². The van der Waals surface area contributed by atoms with Gasteiger partial charge in [-0.1, -0.05) is 0 Å². The SMILES string of the molecule is CC(=O)N[C@H]1CC[C@H](CNC(C)(C)C)CC1. The molecule has 0 atom stereocenters. The van der Waals surface area contributed by atoms with E-state index in [1.165, 1.54) is 12.8 Å². The molecule has 94 valence electrons. The van der Waals surface area contributed by atoms with Gasteiger partial charge >= 0.3 is 0 Å². The Hall–Kier alpha value is -0.570. The first kappa shape index (κ1) is 13.5. The second kappa shape index (κ2) is 5.67. The monoisotopic (exact) mass is 226 g/mol. The lowest BCUT2D eigenvalue weighted by atomic mass is 9.85. The van der Waals surface area contributed by atoms with Crippen molar-refractivity contribution in [2.24, 2.45) is 5.92 Å². The third kappa shape index (κ3) is 5.50. The normalized spacial score (nSPS) is 26.5. The van der Waals surface area contributed by atoms with Crippen LogP contribution in [0.5, 0.6) is 0 Å². The van der Waals surface area contributed by atoms with E-state index in [4.69, 9.17) is 0 Å². The molecular formula is C13H26N2O. The largest absolute Gasteiger partial charge is 0.354 e. The van der Waals surface area contributed by atoms with Gasteiger partial charge in [-0.05, 0) is 58.9 Å². The van der Waals surface area contributed by atoms with E-state index in [9.17, 15) is 4.79 Å². The van der Waals surface area contributed by atoms with Gasteiger partial charge in [0.2, 0.25) is 5.91 Å². The Morgan fingerprint density at radius 1 is 1.19 bits per heavy atom. The maximum Gasteiger partial charge on any atom is 0.217 e. The van der Waals surface area contributed by atoms with Crippen LogP contribution < -0.4 is 10.6 Å². The van der Waals surface area contributed by atoms with E-state index in [0.29, 0.717) is 6.04 Å². The highest BCUT2D eigenvalue weighted by molar-refractivity contribution is 5.73. The minimum atomic E-state index is 0.108. The van der Waals surface area contributed by atoms with Gasteiger partial charge in [0.25, 0.3) is 0 Å². The number of rotatable bonds is 3. The van der Waals surface area contributed by atoms with Gasteiger partial charge in [-0.3, -0.25) is 4.79 Å². The van der Waals surface area contributed by atoms with Crippen molar-refractivity contribution < 1.29 is 4.79 Å². The van der Waals surface area contributed by atoms with Crippen molar-refractivity contribution in [1.29, 1.82) is 0 Å². The van der Waals surface area contributed by atoms with Crippen molar-refractivity contribution in [3.63, 3.8) is 0 Å². The Morgan fingerprint density at radius 2 is 1.75 bits per heavy atom. The zero-order valence-electron chi connectivity index (χ0n) is 11.1. The summed E-state index contributed by atoms with van der Waals surface area (Å²) in [5.74, 6) is 0.889. The van der Waals surface area contributed by atoms with Crippen molar-refractivity contribution in [3.05, 3.63) is 0 Å². The van der Waals surface area contributed by atoms with E-state index in [1.807, 2.05) is 0 Å². The quantitative estimate of drug-likeness (QED) is 0.773. The fourth-order valence-electron chi connectivity index (χ4n) is 2.25. The van der Waals surface area contributed by atoms with E-state index < -0.39 is 0 Å². The molecule has 0 aromatic carbocycles. The number of nitrogens with one attached hydrogen (secondary N) is 2. The summed E-state index contributed by atoms with van der Waals surface area (Å²) in [6.45, 7) is 9.32. The van der Waals surface area contributed by atoms with Crippen LogP contribution in [-0.4, -0.2) is 24.0 Å². The standard InChI is InChI=1S/C13H26N2O/c1-10(16)15-12-7-5-11(6-8-12)9-14-13(2,3)4/h11-12,14H,5-9H2,1-4H3,(H,15,16)/t11-,12-. The van der Waals surface area contributed by atoms with Gasteiger partial charge in [-0.2, -0.15) is 0 Å². The minimum Gasteiger partial charge on any atom is -0.354 e. The molecule has 0 radical (unpaired) electrons. The van der Waals surface area contributed by atoms with Gasteiger partial charge in [-0.15, -0.1) is 0 Å². The summed E-state index contributed by atoms with van der Waals surface area (Å²) in [4.78, 5) is 10.9. The zero-order valence-corrected chi connectivity index (χ0v) is 11.1. The highest BCUT2D eigenvalue weighted by Crippen LogP contribution is 2.24. The molecule has 0 saturated heterocycles. The van der Waals surface area contributed by atoms with E-state index in [0.717, 1.165) is 25.3 Å². The van der Waals surface area contributed by atoms with Gasteiger partial charge in [-0.25, -0.2) is 0 Å². The molecule has 1 fully saturated rings. The molecule has 0 aliphatic heterocycles. The topological polar surface area (TPSA) is 41.1 Å². The van der Waals surface area contributed by atoms with Crippen LogP contribution in [0.2, 0.25) is 0 Å². The summed E-state index contributed by atoms with van der Waals surface area (Å²) in [6.07, 6.45) is 4.73. The van der Waals surface area contributed by atoms with Gasteiger partial charge in [0.15, 0.2) is 0 Å². The molecule has 0 aromatic rings. The van der Waals surface area contributed by atoms with Crippen molar-refractivity contribution in [2.75, 3.05) is 6.54 Å². The Balaban J connectivity index is 2.19.